The number of ether oxygens (including phenoxy) is 1. The second-order valence-electron chi connectivity index (χ2n) is 7.00. The number of imidazole rings is 1. The van der Waals surface area contributed by atoms with E-state index in [4.69, 9.17) is 4.74 Å². The Kier molecular flexibility index (Phi) is 5.62. The van der Waals surface area contributed by atoms with Crippen molar-refractivity contribution in [1.82, 2.24) is 14.4 Å². The second kappa shape index (κ2) is 8.51. The third kappa shape index (κ3) is 4.37. The van der Waals surface area contributed by atoms with Crippen molar-refractivity contribution in [2.45, 2.75) is 26.9 Å². The van der Waals surface area contributed by atoms with Crippen molar-refractivity contribution in [3.05, 3.63) is 89.1 Å². The van der Waals surface area contributed by atoms with E-state index in [1.807, 2.05) is 24.3 Å². The monoisotopic (exact) mass is 422 g/mol. The van der Waals surface area contributed by atoms with Gasteiger partial charge in [-0.2, -0.15) is 0 Å². The minimum atomic E-state index is -0.678. The third-order valence-electron chi connectivity index (χ3n) is 4.91. The van der Waals surface area contributed by atoms with Gasteiger partial charge in [-0.05, 0) is 55.8 Å². The van der Waals surface area contributed by atoms with Crippen molar-refractivity contribution in [2.75, 3.05) is 5.32 Å². The lowest BCUT2D eigenvalue weighted by Crippen LogP contribution is -2.13. The molecular formula is C23H20F2N4O2. The van der Waals surface area contributed by atoms with Crippen molar-refractivity contribution in [3.63, 3.8) is 0 Å². The van der Waals surface area contributed by atoms with E-state index < -0.39 is 17.5 Å². The summed E-state index contributed by atoms with van der Waals surface area (Å²) >= 11 is 0. The van der Waals surface area contributed by atoms with Gasteiger partial charge in [0.05, 0.1) is 23.3 Å². The zero-order chi connectivity index (χ0) is 22.0. The summed E-state index contributed by atoms with van der Waals surface area (Å²) in [6, 6.07) is 10.2. The fourth-order valence-corrected chi connectivity index (χ4v) is 3.23. The highest BCUT2D eigenvalue weighted by Crippen LogP contribution is 2.21. The first-order valence-corrected chi connectivity index (χ1v) is 9.76. The molecule has 158 valence electrons. The Bertz CT molecular complexity index is 1250. The molecule has 0 aliphatic heterocycles. The fraction of sp³-hybridized carbons (Fsp3) is 0.174. The van der Waals surface area contributed by atoms with Crippen molar-refractivity contribution < 1.29 is 18.3 Å². The standard InChI is InChI=1S/C23H20F2N4O2/c1-3-20-14(2)29-12-17(7-9-22(29)28-20)27-23(30)15-4-8-21(19(25)10-15)31-13-18-6-5-16(24)11-26-18/h4-12H,3,13H2,1-2H3,(H,27,30). The molecule has 4 aromatic rings. The highest BCUT2D eigenvalue weighted by Gasteiger charge is 2.13. The molecule has 3 heterocycles. The number of aromatic nitrogens is 3. The summed E-state index contributed by atoms with van der Waals surface area (Å²) in [6.07, 6.45) is 3.67. The summed E-state index contributed by atoms with van der Waals surface area (Å²) in [5, 5.41) is 2.77. The molecule has 0 fully saturated rings. The number of nitrogens with one attached hydrogen (secondary N) is 1. The molecule has 0 radical (unpaired) electrons. The van der Waals surface area contributed by atoms with E-state index in [0.717, 1.165) is 35.7 Å². The highest BCUT2D eigenvalue weighted by atomic mass is 19.1. The number of amides is 1. The number of rotatable bonds is 6. The molecule has 6 nitrogen and oxygen atoms in total. The number of aryl methyl sites for hydroxylation is 2. The van der Waals surface area contributed by atoms with Gasteiger partial charge in [-0.1, -0.05) is 6.92 Å². The number of pyridine rings is 2. The van der Waals surface area contributed by atoms with Gasteiger partial charge in [-0.15, -0.1) is 0 Å². The van der Waals surface area contributed by atoms with Crippen LogP contribution in [0.3, 0.4) is 0 Å². The molecule has 0 atom stereocenters. The number of carbonyl (C=O) groups is 1. The Balaban J connectivity index is 1.46. The molecule has 0 saturated carbocycles. The van der Waals surface area contributed by atoms with E-state index in [1.54, 1.807) is 12.3 Å². The lowest BCUT2D eigenvalue weighted by molar-refractivity contribution is 0.102. The van der Waals surface area contributed by atoms with Gasteiger partial charge in [-0.25, -0.2) is 13.8 Å². The molecule has 3 aromatic heterocycles. The summed E-state index contributed by atoms with van der Waals surface area (Å²) in [5.41, 5.74) is 3.99. The molecule has 0 unspecified atom stereocenters. The zero-order valence-corrected chi connectivity index (χ0v) is 17.0. The van der Waals surface area contributed by atoms with E-state index in [9.17, 15) is 13.6 Å². The lowest BCUT2D eigenvalue weighted by atomic mass is 10.2. The molecule has 0 saturated heterocycles. The predicted octanol–water partition coefficient (Wildman–Crippen LogP) is 4.71. The van der Waals surface area contributed by atoms with Gasteiger partial charge in [0.25, 0.3) is 5.91 Å². The van der Waals surface area contributed by atoms with Crippen LogP contribution in [0.25, 0.3) is 5.65 Å². The van der Waals surface area contributed by atoms with Crippen LogP contribution in [-0.2, 0) is 13.0 Å². The predicted molar refractivity (Wildman–Crippen MR) is 112 cm³/mol. The second-order valence-corrected chi connectivity index (χ2v) is 7.00. The van der Waals surface area contributed by atoms with Crippen LogP contribution >= 0.6 is 0 Å². The molecule has 1 amide bonds. The van der Waals surface area contributed by atoms with Gasteiger partial charge in [0.2, 0.25) is 0 Å². The van der Waals surface area contributed by atoms with E-state index in [0.29, 0.717) is 11.4 Å². The number of fused-ring (bicyclic) bond motifs is 1. The molecule has 0 bridgehead atoms. The summed E-state index contributed by atoms with van der Waals surface area (Å²) in [4.78, 5) is 21.0. The summed E-state index contributed by atoms with van der Waals surface area (Å²) in [7, 11) is 0. The Labute approximate surface area is 177 Å². The Hall–Kier alpha value is -3.81. The van der Waals surface area contributed by atoms with Crippen LogP contribution in [0.5, 0.6) is 5.75 Å². The van der Waals surface area contributed by atoms with E-state index >= 15 is 0 Å². The average Bonchev–Trinajstić information content (AvgIpc) is 3.09. The smallest absolute Gasteiger partial charge is 0.255 e. The van der Waals surface area contributed by atoms with Crippen LogP contribution in [-0.4, -0.2) is 20.3 Å². The van der Waals surface area contributed by atoms with Crippen molar-refractivity contribution in [2.24, 2.45) is 0 Å². The average molecular weight is 422 g/mol. The van der Waals surface area contributed by atoms with Crippen molar-refractivity contribution >= 4 is 17.2 Å². The highest BCUT2D eigenvalue weighted by molar-refractivity contribution is 6.04. The minimum Gasteiger partial charge on any atom is -0.484 e. The summed E-state index contributed by atoms with van der Waals surface area (Å²) in [6.45, 7) is 3.99. The van der Waals surface area contributed by atoms with Gasteiger partial charge < -0.3 is 14.5 Å². The maximum atomic E-state index is 14.4. The zero-order valence-electron chi connectivity index (χ0n) is 17.0. The molecule has 4 rings (SSSR count). The minimum absolute atomic E-state index is 0.0211. The number of anilines is 1. The SMILES string of the molecule is CCc1nc2ccc(NC(=O)c3ccc(OCc4ccc(F)cn4)c(F)c3)cn2c1C. The van der Waals surface area contributed by atoms with Gasteiger partial charge in [0, 0.05) is 17.5 Å². The molecule has 0 aliphatic rings. The van der Waals surface area contributed by atoms with Gasteiger partial charge in [0.1, 0.15) is 18.1 Å². The van der Waals surface area contributed by atoms with Gasteiger partial charge >= 0.3 is 0 Å². The van der Waals surface area contributed by atoms with Crippen LogP contribution in [0, 0.1) is 18.6 Å². The Morgan fingerprint density at radius 3 is 2.71 bits per heavy atom. The molecule has 1 N–H and O–H groups in total. The Morgan fingerprint density at radius 1 is 1.16 bits per heavy atom. The number of benzene rings is 1. The van der Waals surface area contributed by atoms with E-state index in [1.165, 1.54) is 24.3 Å². The molecular weight excluding hydrogens is 402 g/mol. The van der Waals surface area contributed by atoms with E-state index in [-0.39, 0.29) is 17.9 Å². The largest absolute Gasteiger partial charge is 0.484 e. The number of carbonyl (C=O) groups excluding carboxylic acids is 1. The molecule has 8 heteroatoms. The van der Waals surface area contributed by atoms with Crippen LogP contribution in [0.2, 0.25) is 0 Å². The Morgan fingerprint density at radius 2 is 2.00 bits per heavy atom. The number of halogens is 2. The first-order chi connectivity index (χ1) is 14.9. The van der Waals surface area contributed by atoms with E-state index in [2.05, 4.69) is 15.3 Å². The van der Waals surface area contributed by atoms with Gasteiger partial charge in [-0.3, -0.25) is 9.78 Å². The molecule has 0 aliphatic carbocycles. The molecule has 31 heavy (non-hydrogen) atoms. The molecule has 0 spiro atoms. The number of nitrogens with zero attached hydrogens (tertiary/aromatic N) is 3. The maximum Gasteiger partial charge on any atom is 0.255 e. The fourth-order valence-electron chi connectivity index (χ4n) is 3.23. The lowest BCUT2D eigenvalue weighted by Gasteiger charge is -2.10. The van der Waals surface area contributed by atoms with Crippen molar-refractivity contribution in [3.8, 4) is 5.75 Å². The van der Waals surface area contributed by atoms with Crippen LogP contribution in [0.15, 0.2) is 54.9 Å². The van der Waals surface area contributed by atoms with Crippen LogP contribution in [0.1, 0.15) is 34.4 Å². The first-order valence-electron chi connectivity index (χ1n) is 9.76. The first kappa shape index (κ1) is 20.5. The van der Waals surface area contributed by atoms with Gasteiger partial charge in [0.15, 0.2) is 11.6 Å². The third-order valence-corrected chi connectivity index (χ3v) is 4.91. The number of hydrogen-bond acceptors (Lipinski definition) is 4. The quantitative estimate of drug-likeness (QED) is 0.489. The summed E-state index contributed by atoms with van der Waals surface area (Å²) in [5.74, 6) is -1.61. The van der Waals surface area contributed by atoms with Crippen molar-refractivity contribution in [1.29, 1.82) is 0 Å². The molecule has 1 aromatic carbocycles. The summed E-state index contributed by atoms with van der Waals surface area (Å²) < 4.78 is 34.6. The maximum absolute atomic E-state index is 14.4. The normalized spacial score (nSPS) is 11.0. The topological polar surface area (TPSA) is 68.5 Å². The number of hydrogen-bond donors (Lipinski definition) is 1. The van der Waals surface area contributed by atoms with Crippen LogP contribution < -0.4 is 10.1 Å². The van der Waals surface area contributed by atoms with Crippen LogP contribution in [0.4, 0.5) is 14.5 Å².